The lowest BCUT2D eigenvalue weighted by molar-refractivity contribution is -0.137. The average Bonchev–Trinajstić information content (AvgIpc) is 2.44. The molecule has 0 N–H and O–H groups in total. The van der Waals surface area contributed by atoms with E-state index in [0.29, 0.717) is 11.1 Å². The van der Waals surface area contributed by atoms with Crippen molar-refractivity contribution in [2.45, 2.75) is 26.6 Å². The van der Waals surface area contributed by atoms with Gasteiger partial charge in [-0.1, -0.05) is 29.3 Å². The number of hydrogen-bond acceptors (Lipinski definition) is 1. The number of halogens is 3. The topological polar surface area (TPSA) is 20.3 Å². The van der Waals surface area contributed by atoms with Crippen LogP contribution in [0.2, 0.25) is 0 Å². The number of hydrogen-bond donors (Lipinski definition) is 0. The maximum atomic E-state index is 12.7. The van der Waals surface area contributed by atoms with Gasteiger partial charge in [0.1, 0.15) is 0 Å². The van der Waals surface area contributed by atoms with E-state index in [2.05, 4.69) is 0 Å². The minimum atomic E-state index is -4.38. The van der Waals surface area contributed by atoms with Crippen molar-refractivity contribution < 1.29 is 18.0 Å². The third-order valence-electron chi connectivity index (χ3n) is 3.49. The van der Waals surface area contributed by atoms with Gasteiger partial charge >= 0.3 is 6.18 Å². The van der Waals surface area contributed by atoms with Gasteiger partial charge < -0.3 is 4.90 Å². The third-order valence-corrected chi connectivity index (χ3v) is 3.49. The van der Waals surface area contributed by atoms with Gasteiger partial charge in [-0.25, -0.2) is 0 Å². The quantitative estimate of drug-likeness (QED) is 0.809. The maximum absolute atomic E-state index is 12.7. The Kier molecular flexibility index (Phi) is 4.78. The number of nitrogens with zero attached hydrogens (tertiary/aromatic N) is 1. The molecule has 2 aromatic rings. The van der Waals surface area contributed by atoms with Gasteiger partial charge in [-0.05, 0) is 43.7 Å². The highest BCUT2D eigenvalue weighted by Gasteiger charge is 2.30. The van der Waals surface area contributed by atoms with Crippen molar-refractivity contribution in [3.05, 3.63) is 70.3 Å². The van der Waals surface area contributed by atoms with Crippen LogP contribution in [0, 0.1) is 13.8 Å². The molecule has 122 valence electrons. The Morgan fingerprint density at radius 3 is 2.22 bits per heavy atom. The number of benzene rings is 2. The smallest absolute Gasteiger partial charge is 0.337 e. The molecule has 23 heavy (non-hydrogen) atoms. The fraction of sp³-hybridized carbons (Fsp3) is 0.278. The molecule has 0 atom stereocenters. The lowest BCUT2D eigenvalue weighted by Gasteiger charge is -2.19. The molecule has 5 heteroatoms. The van der Waals surface area contributed by atoms with Crippen LogP contribution in [0.4, 0.5) is 13.2 Å². The highest BCUT2D eigenvalue weighted by atomic mass is 19.4. The highest BCUT2D eigenvalue weighted by Crippen LogP contribution is 2.29. The first-order valence-corrected chi connectivity index (χ1v) is 7.17. The molecule has 2 aromatic carbocycles. The van der Waals surface area contributed by atoms with Gasteiger partial charge in [0.15, 0.2) is 0 Å². The standard InChI is InChI=1S/C18H18F3NO/c1-12-7-13(2)9-15(8-12)17(23)22(3)11-14-5-4-6-16(10-14)18(19,20)21/h4-10H,11H2,1-3H3. The minimum absolute atomic E-state index is 0.121. The van der Waals surface area contributed by atoms with Crippen LogP contribution in [0.25, 0.3) is 0 Å². The van der Waals surface area contributed by atoms with Crippen LogP contribution >= 0.6 is 0 Å². The summed E-state index contributed by atoms with van der Waals surface area (Å²) in [6, 6.07) is 10.5. The maximum Gasteiger partial charge on any atom is 0.416 e. The zero-order chi connectivity index (χ0) is 17.2. The van der Waals surface area contributed by atoms with E-state index in [1.807, 2.05) is 19.9 Å². The zero-order valence-corrected chi connectivity index (χ0v) is 13.2. The lowest BCUT2D eigenvalue weighted by Crippen LogP contribution is -2.26. The van der Waals surface area contributed by atoms with Crippen LogP contribution in [0.3, 0.4) is 0 Å². The second-order valence-electron chi connectivity index (χ2n) is 5.74. The molecule has 2 rings (SSSR count). The van der Waals surface area contributed by atoms with Crippen molar-refractivity contribution in [3.8, 4) is 0 Å². The van der Waals surface area contributed by atoms with Gasteiger partial charge in [-0.3, -0.25) is 4.79 Å². The summed E-state index contributed by atoms with van der Waals surface area (Å²) in [6.07, 6.45) is -4.38. The van der Waals surface area contributed by atoms with E-state index in [1.165, 1.54) is 11.0 Å². The van der Waals surface area contributed by atoms with Gasteiger partial charge in [-0.15, -0.1) is 0 Å². The normalized spacial score (nSPS) is 11.4. The fourth-order valence-corrected chi connectivity index (χ4v) is 2.51. The molecule has 1 amide bonds. The molecule has 0 saturated heterocycles. The molecule has 0 bridgehead atoms. The second-order valence-corrected chi connectivity index (χ2v) is 5.74. The fourth-order valence-electron chi connectivity index (χ4n) is 2.51. The Balaban J connectivity index is 2.18. The number of aryl methyl sites for hydroxylation is 2. The van der Waals surface area contributed by atoms with Gasteiger partial charge in [0.2, 0.25) is 0 Å². The van der Waals surface area contributed by atoms with Crippen molar-refractivity contribution in [1.82, 2.24) is 4.90 Å². The first-order chi connectivity index (χ1) is 10.7. The summed E-state index contributed by atoms with van der Waals surface area (Å²) in [5.74, 6) is -0.214. The average molecular weight is 321 g/mol. The molecule has 0 saturated carbocycles. The largest absolute Gasteiger partial charge is 0.416 e. The summed E-state index contributed by atoms with van der Waals surface area (Å²) in [6.45, 7) is 3.92. The van der Waals surface area contributed by atoms with Crippen molar-refractivity contribution in [1.29, 1.82) is 0 Å². The monoisotopic (exact) mass is 321 g/mol. The van der Waals surface area contributed by atoms with E-state index in [9.17, 15) is 18.0 Å². The molecule has 0 aliphatic heterocycles. The van der Waals surface area contributed by atoms with Crippen LogP contribution in [-0.4, -0.2) is 17.9 Å². The highest BCUT2D eigenvalue weighted by molar-refractivity contribution is 5.94. The van der Waals surface area contributed by atoms with E-state index >= 15 is 0 Å². The summed E-state index contributed by atoms with van der Waals surface area (Å²) >= 11 is 0. The number of carbonyl (C=O) groups is 1. The van der Waals surface area contributed by atoms with Crippen LogP contribution in [0.5, 0.6) is 0 Å². The molecule has 0 aliphatic rings. The predicted molar refractivity (Wildman–Crippen MR) is 83.2 cm³/mol. The molecule has 0 unspecified atom stereocenters. The van der Waals surface area contributed by atoms with E-state index < -0.39 is 11.7 Å². The van der Waals surface area contributed by atoms with E-state index in [1.54, 1.807) is 25.2 Å². The molecule has 2 nitrogen and oxygen atoms in total. The second kappa shape index (κ2) is 6.44. The molecular weight excluding hydrogens is 303 g/mol. The van der Waals surface area contributed by atoms with Crippen molar-refractivity contribution >= 4 is 5.91 Å². The van der Waals surface area contributed by atoms with Gasteiger partial charge in [0.05, 0.1) is 5.56 Å². The number of amides is 1. The Morgan fingerprint density at radius 2 is 1.65 bits per heavy atom. The first-order valence-electron chi connectivity index (χ1n) is 7.17. The van der Waals surface area contributed by atoms with Gasteiger partial charge in [0, 0.05) is 19.2 Å². The Hall–Kier alpha value is -2.30. The zero-order valence-electron chi connectivity index (χ0n) is 13.2. The first kappa shape index (κ1) is 17.1. The molecule has 0 radical (unpaired) electrons. The number of carbonyl (C=O) groups excluding carboxylic acids is 1. The van der Waals surface area contributed by atoms with Crippen molar-refractivity contribution in [2.75, 3.05) is 7.05 Å². The van der Waals surface area contributed by atoms with E-state index in [0.717, 1.165) is 23.3 Å². The van der Waals surface area contributed by atoms with Crippen LogP contribution in [0.1, 0.15) is 32.6 Å². The molecule has 0 aromatic heterocycles. The van der Waals surface area contributed by atoms with Crippen LogP contribution < -0.4 is 0 Å². The minimum Gasteiger partial charge on any atom is -0.337 e. The number of rotatable bonds is 3. The molecule has 0 fully saturated rings. The van der Waals surface area contributed by atoms with Crippen molar-refractivity contribution in [2.24, 2.45) is 0 Å². The summed E-state index contributed by atoms with van der Waals surface area (Å²) < 4.78 is 38.2. The van der Waals surface area contributed by atoms with Crippen LogP contribution in [-0.2, 0) is 12.7 Å². The summed E-state index contributed by atoms with van der Waals surface area (Å²) in [5, 5.41) is 0. The number of alkyl halides is 3. The molecule has 0 aliphatic carbocycles. The summed E-state index contributed by atoms with van der Waals surface area (Å²) in [7, 11) is 1.58. The van der Waals surface area contributed by atoms with Gasteiger partial charge in [-0.2, -0.15) is 13.2 Å². The third kappa shape index (κ3) is 4.34. The molecule has 0 heterocycles. The summed E-state index contributed by atoms with van der Waals surface area (Å²) in [4.78, 5) is 13.9. The van der Waals surface area contributed by atoms with E-state index in [4.69, 9.17) is 0 Å². The molecule has 0 spiro atoms. The summed E-state index contributed by atoms with van der Waals surface area (Å²) in [5.41, 5.74) is 2.22. The Bertz CT molecular complexity index is 702. The van der Waals surface area contributed by atoms with Crippen LogP contribution in [0.15, 0.2) is 42.5 Å². The SMILES string of the molecule is Cc1cc(C)cc(C(=O)N(C)Cc2cccc(C(F)(F)F)c2)c1. The Morgan fingerprint density at radius 1 is 1.04 bits per heavy atom. The predicted octanol–water partition coefficient (Wildman–Crippen LogP) is 4.59. The lowest BCUT2D eigenvalue weighted by atomic mass is 10.1. The van der Waals surface area contributed by atoms with Crippen molar-refractivity contribution in [3.63, 3.8) is 0 Å². The molecular formula is C18H18F3NO. The van der Waals surface area contributed by atoms with E-state index in [-0.39, 0.29) is 12.5 Å². The van der Waals surface area contributed by atoms with Gasteiger partial charge in [0.25, 0.3) is 5.91 Å². The Labute approximate surface area is 133 Å².